The highest BCUT2D eigenvalue weighted by molar-refractivity contribution is 9.08. The number of carbonyl (C=O) groups is 1. The van der Waals surface area contributed by atoms with Crippen LogP contribution in [0.15, 0.2) is 42.7 Å². The molecular weight excluding hydrogens is 296 g/mol. The third-order valence-electron chi connectivity index (χ3n) is 2.41. The Morgan fingerprint density at radius 2 is 2.00 bits per heavy atom. The Labute approximate surface area is 113 Å². The zero-order chi connectivity index (χ0) is 13.0. The lowest BCUT2D eigenvalue weighted by Gasteiger charge is -2.06. The first-order chi connectivity index (χ1) is 8.70. The highest BCUT2D eigenvalue weighted by atomic mass is 79.9. The van der Waals surface area contributed by atoms with Gasteiger partial charge in [-0.1, -0.05) is 28.1 Å². The van der Waals surface area contributed by atoms with Gasteiger partial charge in [-0.25, -0.2) is 0 Å². The maximum atomic E-state index is 11.9. The molecule has 0 saturated carbocycles. The normalized spacial score (nSPS) is 10.1. The molecular formula is C13H11BrN2O2. The molecule has 1 aromatic heterocycles. The predicted octanol–water partition coefficient (Wildman–Crippen LogP) is 2.93. The van der Waals surface area contributed by atoms with Gasteiger partial charge in [0.25, 0.3) is 5.91 Å². The summed E-state index contributed by atoms with van der Waals surface area (Å²) in [5.74, 6) is -0.492. The number of hydrogen-bond acceptors (Lipinski definition) is 3. The predicted molar refractivity (Wildman–Crippen MR) is 72.9 cm³/mol. The van der Waals surface area contributed by atoms with E-state index in [2.05, 4.69) is 26.2 Å². The minimum absolute atomic E-state index is 0.132. The molecule has 4 nitrogen and oxygen atoms in total. The van der Waals surface area contributed by atoms with Crippen molar-refractivity contribution in [3.63, 3.8) is 0 Å². The number of alkyl halides is 1. The second-order valence-electron chi connectivity index (χ2n) is 3.68. The second-order valence-corrected chi connectivity index (χ2v) is 4.24. The monoisotopic (exact) mass is 306 g/mol. The number of carbonyl (C=O) groups excluding carboxylic acids is 1. The molecule has 1 aromatic carbocycles. The van der Waals surface area contributed by atoms with Crippen LogP contribution in [0.3, 0.4) is 0 Å². The lowest BCUT2D eigenvalue weighted by molar-refractivity contribution is 0.102. The Morgan fingerprint density at radius 3 is 2.61 bits per heavy atom. The Hall–Kier alpha value is -1.88. The molecule has 2 aromatic rings. The summed E-state index contributed by atoms with van der Waals surface area (Å²) in [6.45, 7) is 0. The first kappa shape index (κ1) is 12.6. The summed E-state index contributed by atoms with van der Waals surface area (Å²) >= 11 is 3.35. The lowest BCUT2D eigenvalue weighted by Crippen LogP contribution is -2.12. The number of aromatic nitrogens is 1. The molecule has 0 fully saturated rings. The van der Waals surface area contributed by atoms with Gasteiger partial charge >= 0.3 is 0 Å². The highest BCUT2D eigenvalue weighted by Crippen LogP contribution is 2.17. The highest BCUT2D eigenvalue weighted by Gasteiger charge is 2.10. The summed E-state index contributed by atoms with van der Waals surface area (Å²) in [5.41, 5.74) is 2.01. The number of nitrogens with zero attached hydrogens (tertiary/aromatic N) is 1. The Bertz CT molecular complexity index is 555. The van der Waals surface area contributed by atoms with E-state index in [9.17, 15) is 9.90 Å². The standard InChI is InChI=1S/C13H11BrN2O2/c14-7-9-1-3-10(4-2-9)16-13(18)11-5-6-15-8-12(11)17/h1-6,8,17H,7H2,(H,16,18). The Kier molecular flexibility index (Phi) is 3.94. The van der Waals surface area contributed by atoms with Crippen molar-refractivity contribution in [1.82, 2.24) is 4.98 Å². The number of pyridine rings is 1. The number of benzene rings is 1. The van der Waals surface area contributed by atoms with Gasteiger partial charge in [-0.15, -0.1) is 0 Å². The number of rotatable bonds is 3. The summed E-state index contributed by atoms with van der Waals surface area (Å²) in [6, 6.07) is 8.92. The number of amides is 1. The second kappa shape index (κ2) is 5.64. The quantitative estimate of drug-likeness (QED) is 0.857. The molecule has 0 aliphatic carbocycles. The fraction of sp³-hybridized carbons (Fsp3) is 0.0769. The summed E-state index contributed by atoms with van der Waals surface area (Å²) < 4.78 is 0. The molecule has 0 bridgehead atoms. The summed E-state index contributed by atoms with van der Waals surface area (Å²) in [6.07, 6.45) is 2.70. The van der Waals surface area contributed by atoms with Crippen molar-refractivity contribution in [1.29, 1.82) is 0 Å². The van der Waals surface area contributed by atoms with Crippen LogP contribution in [0.2, 0.25) is 0 Å². The van der Waals surface area contributed by atoms with E-state index >= 15 is 0 Å². The molecule has 0 unspecified atom stereocenters. The Morgan fingerprint density at radius 1 is 1.28 bits per heavy atom. The SMILES string of the molecule is O=C(Nc1ccc(CBr)cc1)c1ccncc1O. The molecule has 2 rings (SSSR count). The summed E-state index contributed by atoms with van der Waals surface area (Å²) in [5, 5.41) is 13.0. The minimum Gasteiger partial charge on any atom is -0.505 e. The minimum atomic E-state index is -0.360. The molecule has 1 amide bonds. The number of anilines is 1. The molecule has 0 atom stereocenters. The van der Waals surface area contributed by atoms with Crippen LogP contribution in [0.4, 0.5) is 5.69 Å². The molecule has 92 valence electrons. The number of hydrogen-bond donors (Lipinski definition) is 2. The molecule has 1 heterocycles. The zero-order valence-electron chi connectivity index (χ0n) is 9.43. The maximum absolute atomic E-state index is 11.9. The Balaban J connectivity index is 2.14. The van der Waals surface area contributed by atoms with E-state index in [1.807, 2.05) is 24.3 Å². The van der Waals surface area contributed by atoms with Crippen LogP contribution in [0, 0.1) is 0 Å². The van der Waals surface area contributed by atoms with Gasteiger partial charge in [0.05, 0.1) is 11.8 Å². The largest absolute Gasteiger partial charge is 0.505 e. The van der Waals surface area contributed by atoms with E-state index in [4.69, 9.17) is 0 Å². The van der Waals surface area contributed by atoms with Crippen LogP contribution in [-0.4, -0.2) is 16.0 Å². The van der Waals surface area contributed by atoms with Crippen molar-refractivity contribution in [2.45, 2.75) is 5.33 Å². The van der Waals surface area contributed by atoms with Gasteiger partial charge in [-0.3, -0.25) is 9.78 Å². The topological polar surface area (TPSA) is 62.2 Å². The molecule has 2 N–H and O–H groups in total. The lowest BCUT2D eigenvalue weighted by atomic mass is 10.2. The molecule has 0 aliphatic heterocycles. The fourth-order valence-electron chi connectivity index (χ4n) is 1.45. The third-order valence-corrected chi connectivity index (χ3v) is 3.06. The van der Waals surface area contributed by atoms with E-state index in [1.54, 1.807) is 0 Å². The maximum Gasteiger partial charge on any atom is 0.259 e. The molecule has 0 spiro atoms. The zero-order valence-corrected chi connectivity index (χ0v) is 11.0. The van der Waals surface area contributed by atoms with Crippen LogP contribution in [0.5, 0.6) is 5.75 Å². The first-order valence-electron chi connectivity index (χ1n) is 5.30. The van der Waals surface area contributed by atoms with Crippen molar-refractivity contribution in [3.05, 3.63) is 53.9 Å². The van der Waals surface area contributed by atoms with Crippen LogP contribution < -0.4 is 5.32 Å². The number of halogens is 1. The van der Waals surface area contributed by atoms with Crippen molar-refractivity contribution < 1.29 is 9.90 Å². The number of nitrogens with one attached hydrogen (secondary N) is 1. The summed E-state index contributed by atoms with van der Waals surface area (Å²) in [7, 11) is 0. The fourth-order valence-corrected chi connectivity index (χ4v) is 1.83. The van der Waals surface area contributed by atoms with Crippen molar-refractivity contribution >= 4 is 27.5 Å². The van der Waals surface area contributed by atoms with E-state index in [1.165, 1.54) is 18.5 Å². The van der Waals surface area contributed by atoms with Crippen LogP contribution in [-0.2, 0) is 5.33 Å². The van der Waals surface area contributed by atoms with Crippen LogP contribution in [0.25, 0.3) is 0 Å². The van der Waals surface area contributed by atoms with Crippen molar-refractivity contribution in [3.8, 4) is 5.75 Å². The van der Waals surface area contributed by atoms with E-state index in [-0.39, 0.29) is 17.2 Å². The van der Waals surface area contributed by atoms with Gasteiger partial charge in [-0.05, 0) is 23.8 Å². The molecule has 0 saturated heterocycles. The van der Waals surface area contributed by atoms with E-state index in [0.717, 1.165) is 10.9 Å². The summed E-state index contributed by atoms with van der Waals surface area (Å²) in [4.78, 5) is 15.6. The van der Waals surface area contributed by atoms with Gasteiger partial charge in [0.15, 0.2) is 0 Å². The molecule has 0 radical (unpaired) electrons. The van der Waals surface area contributed by atoms with Gasteiger partial charge in [-0.2, -0.15) is 0 Å². The van der Waals surface area contributed by atoms with Crippen molar-refractivity contribution in [2.24, 2.45) is 0 Å². The third kappa shape index (κ3) is 2.87. The van der Waals surface area contributed by atoms with Gasteiger partial charge in [0.1, 0.15) is 5.75 Å². The van der Waals surface area contributed by atoms with E-state index < -0.39 is 0 Å². The molecule has 18 heavy (non-hydrogen) atoms. The molecule has 5 heteroatoms. The number of aromatic hydroxyl groups is 1. The first-order valence-corrected chi connectivity index (χ1v) is 6.42. The van der Waals surface area contributed by atoms with E-state index in [0.29, 0.717) is 5.69 Å². The average molecular weight is 307 g/mol. The van der Waals surface area contributed by atoms with Crippen molar-refractivity contribution in [2.75, 3.05) is 5.32 Å². The van der Waals surface area contributed by atoms with Crippen LogP contribution >= 0.6 is 15.9 Å². The van der Waals surface area contributed by atoms with Gasteiger partial charge in [0, 0.05) is 17.2 Å². The molecule has 0 aliphatic rings. The van der Waals surface area contributed by atoms with Gasteiger partial charge in [0.2, 0.25) is 0 Å². The smallest absolute Gasteiger partial charge is 0.259 e. The average Bonchev–Trinajstić information content (AvgIpc) is 2.40. The van der Waals surface area contributed by atoms with Gasteiger partial charge < -0.3 is 10.4 Å². The van der Waals surface area contributed by atoms with Crippen LogP contribution in [0.1, 0.15) is 15.9 Å².